The molecule has 1 aliphatic rings. The molecule has 0 atom stereocenters. The second-order valence-electron chi connectivity index (χ2n) is 6.96. The average molecular weight is 349 g/mol. The van der Waals surface area contributed by atoms with Gasteiger partial charge in [-0.15, -0.1) is 0 Å². The van der Waals surface area contributed by atoms with Gasteiger partial charge in [0.2, 0.25) is 5.91 Å². The summed E-state index contributed by atoms with van der Waals surface area (Å²) in [7, 11) is 0. The van der Waals surface area contributed by atoms with Gasteiger partial charge < -0.3 is 20.1 Å². The van der Waals surface area contributed by atoms with Crippen molar-refractivity contribution in [2.75, 3.05) is 18.4 Å². The molecule has 1 saturated heterocycles. The van der Waals surface area contributed by atoms with Crippen molar-refractivity contribution in [3.05, 3.63) is 24.0 Å². The first-order chi connectivity index (χ1) is 11.7. The fourth-order valence-electron chi connectivity index (χ4n) is 2.56. The summed E-state index contributed by atoms with van der Waals surface area (Å²) in [4.78, 5) is 40.9. The van der Waals surface area contributed by atoms with Gasteiger partial charge in [0, 0.05) is 31.4 Å². The Hall–Kier alpha value is -2.64. The average Bonchev–Trinajstić information content (AvgIpc) is 2.53. The second kappa shape index (κ2) is 7.50. The fraction of sp³-hybridized carbons (Fsp3) is 0.529. The highest BCUT2D eigenvalue weighted by Gasteiger charge is 2.30. The maximum Gasteiger partial charge on any atom is 0.410 e. The van der Waals surface area contributed by atoms with Crippen LogP contribution >= 0.6 is 0 Å². The molecule has 8 nitrogen and oxygen atoms in total. The number of carbonyl (C=O) groups is 3. The number of likely N-dealkylation sites (tertiary alicyclic amines) is 1. The van der Waals surface area contributed by atoms with Crippen molar-refractivity contribution < 1.29 is 24.2 Å². The number of nitrogens with zero attached hydrogens (tertiary/aromatic N) is 2. The number of hydrogen-bond donors (Lipinski definition) is 2. The van der Waals surface area contributed by atoms with E-state index in [0.29, 0.717) is 25.9 Å². The van der Waals surface area contributed by atoms with E-state index in [0.717, 1.165) is 0 Å². The lowest BCUT2D eigenvalue weighted by Gasteiger charge is -2.33. The number of rotatable bonds is 3. The van der Waals surface area contributed by atoms with E-state index in [1.165, 1.54) is 18.5 Å². The van der Waals surface area contributed by atoms with E-state index in [4.69, 9.17) is 9.84 Å². The normalized spacial score (nSPS) is 15.6. The Kier molecular flexibility index (Phi) is 5.61. The van der Waals surface area contributed by atoms with Crippen molar-refractivity contribution in [3.8, 4) is 0 Å². The third kappa shape index (κ3) is 5.17. The van der Waals surface area contributed by atoms with E-state index in [1.807, 2.05) is 0 Å². The van der Waals surface area contributed by atoms with Gasteiger partial charge in [-0.1, -0.05) is 0 Å². The van der Waals surface area contributed by atoms with E-state index in [-0.39, 0.29) is 29.2 Å². The summed E-state index contributed by atoms with van der Waals surface area (Å²) in [5.74, 6) is -1.69. The monoisotopic (exact) mass is 349 g/mol. The van der Waals surface area contributed by atoms with Crippen molar-refractivity contribution in [1.82, 2.24) is 9.88 Å². The predicted molar refractivity (Wildman–Crippen MR) is 90.4 cm³/mol. The minimum Gasteiger partial charge on any atom is -0.478 e. The van der Waals surface area contributed by atoms with Crippen LogP contribution in [0.4, 0.5) is 10.5 Å². The van der Waals surface area contributed by atoms with Gasteiger partial charge in [0.05, 0.1) is 5.69 Å². The third-order valence-electron chi connectivity index (χ3n) is 3.83. The summed E-state index contributed by atoms with van der Waals surface area (Å²) < 4.78 is 5.32. The number of hydrogen-bond acceptors (Lipinski definition) is 5. The van der Waals surface area contributed by atoms with Gasteiger partial charge in [0.1, 0.15) is 11.2 Å². The number of pyridine rings is 1. The molecule has 0 spiro atoms. The number of nitrogens with one attached hydrogen (secondary N) is 1. The zero-order valence-electron chi connectivity index (χ0n) is 14.6. The van der Waals surface area contributed by atoms with E-state index >= 15 is 0 Å². The van der Waals surface area contributed by atoms with Crippen LogP contribution in [0, 0.1) is 5.92 Å². The van der Waals surface area contributed by atoms with E-state index in [2.05, 4.69) is 10.3 Å². The number of piperidine rings is 1. The molecule has 0 saturated carbocycles. The lowest BCUT2D eigenvalue weighted by atomic mass is 9.96. The summed E-state index contributed by atoms with van der Waals surface area (Å²) in [5.41, 5.74) is -0.385. The zero-order valence-corrected chi connectivity index (χ0v) is 14.6. The Morgan fingerprint density at radius 1 is 1.28 bits per heavy atom. The molecule has 1 aliphatic heterocycles. The van der Waals surface area contributed by atoms with Crippen molar-refractivity contribution in [2.24, 2.45) is 5.92 Å². The number of aromatic carboxylic acids is 1. The molecule has 2 heterocycles. The predicted octanol–water partition coefficient (Wildman–Crippen LogP) is 2.37. The summed E-state index contributed by atoms with van der Waals surface area (Å²) in [6, 6.07) is 1.46. The molecule has 1 aromatic rings. The van der Waals surface area contributed by atoms with Gasteiger partial charge >= 0.3 is 12.1 Å². The lowest BCUT2D eigenvalue weighted by molar-refractivity contribution is -0.121. The van der Waals surface area contributed by atoms with Crippen LogP contribution in [0.2, 0.25) is 0 Å². The molecule has 0 aromatic carbocycles. The van der Waals surface area contributed by atoms with Crippen LogP contribution < -0.4 is 5.32 Å². The van der Waals surface area contributed by atoms with Crippen LogP contribution in [-0.4, -0.2) is 51.7 Å². The van der Waals surface area contributed by atoms with E-state index < -0.39 is 11.6 Å². The maximum absolute atomic E-state index is 12.4. The van der Waals surface area contributed by atoms with Crippen molar-refractivity contribution >= 4 is 23.7 Å². The van der Waals surface area contributed by atoms with Gasteiger partial charge in [0.15, 0.2) is 0 Å². The highest BCUT2D eigenvalue weighted by molar-refractivity contribution is 6.00. The second-order valence-corrected chi connectivity index (χ2v) is 6.96. The zero-order chi connectivity index (χ0) is 18.6. The molecule has 2 N–H and O–H groups in total. The quantitative estimate of drug-likeness (QED) is 0.867. The number of anilines is 1. The highest BCUT2D eigenvalue weighted by atomic mass is 16.6. The number of amides is 2. The number of carboxylic acids is 1. The molecule has 0 aliphatic carbocycles. The fourth-order valence-corrected chi connectivity index (χ4v) is 2.56. The van der Waals surface area contributed by atoms with Gasteiger partial charge in [-0.05, 0) is 39.7 Å². The number of carbonyl (C=O) groups excluding carboxylic acids is 2. The van der Waals surface area contributed by atoms with Crippen molar-refractivity contribution in [1.29, 1.82) is 0 Å². The highest BCUT2D eigenvalue weighted by Crippen LogP contribution is 2.22. The molecule has 1 aromatic heterocycles. The van der Waals surface area contributed by atoms with Crippen LogP contribution in [-0.2, 0) is 9.53 Å². The largest absolute Gasteiger partial charge is 0.478 e. The van der Waals surface area contributed by atoms with Gasteiger partial charge in [-0.2, -0.15) is 0 Å². The first kappa shape index (κ1) is 18.7. The molecular formula is C17H23N3O5. The molecule has 8 heteroatoms. The summed E-state index contributed by atoms with van der Waals surface area (Å²) in [6.45, 7) is 6.27. The van der Waals surface area contributed by atoms with Gasteiger partial charge in [-0.25, -0.2) is 9.59 Å². The van der Waals surface area contributed by atoms with Crippen LogP contribution in [0.1, 0.15) is 44.0 Å². The van der Waals surface area contributed by atoms with Crippen LogP contribution in [0.25, 0.3) is 0 Å². The molecule has 136 valence electrons. The molecule has 0 unspecified atom stereocenters. The van der Waals surface area contributed by atoms with Crippen molar-refractivity contribution in [3.63, 3.8) is 0 Å². The minimum atomic E-state index is -1.15. The summed E-state index contributed by atoms with van der Waals surface area (Å²) >= 11 is 0. The topological polar surface area (TPSA) is 109 Å². The van der Waals surface area contributed by atoms with Crippen LogP contribution in [0.3, 0.4) is 0 Å². The van der Waals surface area contributed by atoms with Gasteiger partial charge in [0.25, 0.3) is 0 Å². The number of ether oxygens (including phenoxy) is 1. The molecule has 2 rings (SSSR count). The Balaban J connectivity index is 1.92. The van der Waals surface area contributed by atoms with Gasteiger partial charge in [-0.3, -0.25) is 9.78 Å². The first-order valence-electron chi connectivity index (χ1n) is 8.13. The van der Waals surface area contributed by atoms with Crippen molar-refractivity contribution in [2.45, 2.75) is 39.2 Å². The molecular weight excluding hydrogens is 326 g/mol. The molecule has 0 radical (unpaired) electrons. The smallest absolute Gasteiger partial charge is 0.410 e. The Morgan fingerprint density at radius 2 is 1.92 bits per heavy atom. The Bertz CT molecular complexity index is 660. The third-order valence-corrected chi connectivity index (χ3v) is 3.83. The first-order valence-corrected chi connectivity index (χ1v) is 8.13. The molecule has 0 bridgehead atoms. The maximum atomic E-state index is 12.4. The standard InChI is InChI=1S/C17H23N3O5/c1-17(2,3)25-16(24)20-8-5-11(6-9-20)14(21)19-13-4-7-18-10-12(13)15(22)23/h4,7,10-11H,5-6,8-9H2,1-3H3,(H,22,23)(H,18,19,21). The number of carboxylic acid groups (broad SMARTS) is 1. The molecule has 2 amide bonds. The summed E-state index contributed by atoms with van der Waals surface area (Å²) in [6.07, 6.45) is 3.24. The molecule has 25 heavy (non-hydrogen) atoms. The molecule has 1 fully saturated rings. The van der Waals surface area contributed by atoms with Crippen LogP contribution in [0.5, 0.6) is 0 Å². The SMILES string of the molecule is CC(C)(C)OC(=O)N1CCC(C(=O)Nc2ccncc2C(=O)O)CC1. The summed E-state index contributed by atoms with van der Waals surface area (Å²) in [5, 5.41) is 11.8. The lowest BCUT2D eigenvalue weighted by Crippen LogP contribution is -2.43. The number of aromatic nitrogens is 1. The minimum absolute atomic E-state index is 0.0537. The van der Waals surface area contributed by atoms with Crippen LogP contribution in [0.15, 0.2) is 18.5 Å². The Morgan fingerprint density at radius 3 is 2.48 bits per heavy atom. The van der Waals surface area contributed by atoms with E-state index in [9.17, 15) is 14.4 Å². The van der Waals surface area contributed by atoms with E-state index in [1.54, 1.807) is 25.7 Å². The Labute approximate surface area is 146 Å².